The third-order valence-electron chi connectivity index (χ3n) is 3.86. The molecule has 0 bridgehead atoms. The molecule has 3 N–H and O–H groups in total. The second-order valence-electron chi connectivity index (χ2n) is 5.58. The number of benzene rings is 2. The molecule has 0 saturated heterocycles. The van der Waals surface area contributed by atoms with Crippen LogP contribution in [0.1, 0.15) is 16.1 Å². The molecular weight excluding hydrogens is 316 g/mol. The van der Waals surface area contributed by atoms with Gasteiger partial charge in [0.2, 0.25) is 5.76 Å². The number of rotatable bonds is 5. The molecule has 0 aliphatic rings. The van der Waals surface area contributed by atoms with Crippen molar-refractivity contribution in [3.8, 4) is 16.9 Å². The van der Waals surface area contributed by atoms with Crippen LogP contribution < -0.4 is 10.7 Å². The lowest BCUT2D eigenvalue weighted by molar-refractivity contribution is 0.0918. The van der Waals surface area contributed by atoms with Crippen molar-refractivity contribution < 1.29 is 14.3 Å². The summed E-state index contributed by atoms with van der Waals surface area (Å²) >= 11 is 0. The van der Waals surface area contributed by atoms with Crippen LogP contribution in [0.2, 0.25) is 0 Å². The number of carbonyl (C=O) groups is 1. The highest BCUT2D eigenvalue weighted by molar-refractivity contribution is 5.93. The van der Waals surface area contributed by atoms with Gasteiger partial charge < -0.3 is 14.8 Å². The largest absolute Gasteiger partial charge is 0.503 e. The van der Waals surface area contributed by atoms with Crippen LogP contribution in [-0.4, -0.2) is 17.6 Å². The standard InChI is InChI=1S/C20H18N2O3/c21-17-11-13-25-19(18(17)23)20(24)22-12-10-14-6-8-16(9-7-14)15-4-2-1-3-5-15/h1-9,11,13,21,23H,10,12H2,(H,22,24). The van der Waals surface area contributed by atoms with E-state index in [0.29, 0.717) is 13.0 Å². The number of aromatic hydroxyl groups is 1. The Bertz CT molecular complexity index is 916. The fraction of sp³-hybridized carbons (Fsp3) is 0.100. The van der Waals surface area contributed by atoms with Crippen molar-refractivity contribution in [2.45, 2.75) is 6.42 Å². The first-order valence-electron chi connectivity index (χ1n) is 7.93. The summed E-state index contributed by atoms with van der Waals surface area (Å²) < 4.78 is 4.99. The lowest BCUT2D eigenvalue weighted by Gasteiger charge is -2.07. The zero-order chi connectivity index (χ0) is 17.6. The van der Waals surface area contributed by atoms with Crippen molar-refractivity contribution in [3.05, 3.63) is 83.6 Å². The van der Waals surface area contributed by atoms with Gasteiger partial charge in [0.25, 0.3) is 5.91 Å². The minimum atomic E-state index is -0.535. The maximum Gasteiger partial charge on any atom is 0.291 e. The Labute approximate surface area is 145 Å². The Morgan fingerprint density at radius 3 is 2.40 bits per heavy atom. The molecule has 1 aromatic heterocycles. The molecule has 25 heavy (non-hydrogen) atoms. The Morgan fingerprint density at radius 1 is 1.00 bits per heavy atom. The molecule has 1 heterocycles. The summed E-state index contributed by atoms with van der Waals surface area (Å²) in [6, 6.07) is 19.6. The Kier molecular flexibility index (Phi) is 4.95. The van der Waals surface area contributed by atoms with Crippen molar-refractivity contribution in [3.63, 3.8) is 0 Å². The van der Waals surface area contributed by atoms with Gasteiger partial charge >= 0.3 is 0 Å². The number of hydrogen-bond acceptors (Lipinski definition) is 4. The lowest BCUT2D eigenvalue weighted by atomic mass is 10.0. The Balaban J connectivity index is 1.58. The zero-order valence-corrected chi connectivity index (χ0v) is 13.5. The molecule has 1 amide bonds. The van der Waals surface area contributed by atoms with Gasteiger partial charge in [-0.3, -0.25) is 10.2 Å². The Hall–Kier alpha value is -3.34. The third kappa shape index (κ3) is 3.95. The van der Waals surface area contributed by atoms with E-state index < -0.39 is 11.7 Å². The number of hydrogen-bond donors (Lipinski definition) is 3. The second-order valence-corrected chi connectivity index (χ2v) is 5.58. The van der Waals surface area contributed by atoms with Gasteiger partial charge in [-0.1, -0.05) is 54.6 Å². The van der Waals surface area contributed by atoms with E-state index in [-0.39, 0.29) is 11.1 Å². The maximum absolute atomic E-state index is 12.0. The number of amides is 1. The van der Waals surface area contributed by atoms with Crippen LogP contribution in [0, 0.1) is 5.41 Å². The van der Waals surface area contributed by atoms with Crippen LogP contribution in [0.25, 0.3) is 11.1 Å². The molecule has 0 unspecified atom stereocenters. The molecule has 0 spiro atoms. The summed E-state index contributed by atoms with van der Waals surface area (Å²) in [5.74, 6) is -1.23. The minimum absolute atomic E-state index is 0.145. The summed E-state index contributed by atoms with van der Waals surface area (Å²) in [4.78, 5) is 12.0. The first-order chi connectivity index (χ1) is 12.1. The highest BCUT2D eigenvalue weighted by Gasteiger charge is 2.14. The number of nitrogens with one attached hydrogen (secondary N) is 2. The molecule has 0 aliphatic carbocycles. The van der Waals surface area contributed by atoms with E-state index in [2.05, 4.69) is 29.6 Å². The van der Waals surface area contributed by atoms with Crippen LogP contribution >= 0.6 is 0 Å². The quantitative estimate of drug-likeness (QED) is 0.670. The summed E-state index contributed by atoms with van der Waals surface area (Å²) in [5.41, 5.74) is 3.40. The van der Waals surface area contributed by atoms with Crippen molar-refractivity contribution in [1.82, 2.24) is 5.32 Å². The summed E-state index contributed by atoms with van der Waals surface area (Å²) in [7, 11) is 0. The monoisotopic (exact) mass is 334 g/mol. The van der Waals surface area contributed by atoms with Crippen molar-refractivity contribution in [2.24, 2.45) is 0 Å². The molecule has 3 rings (SSSR count). The van der Waals surface area contributed by atoms with Crippen molar-refractivity contribution in [1.29, 1.82) is 5.41 Å². The van der Waals surface area contributed by atoms with E-state index >= 15 is 0 Å². The predicted molar refractivity (Wildman–Crippen MR) is 94.1 cm³/mol. The molecule has 3 aromatic rings. The summed E-state index contributed by atoms with van der Waals surface area (Å²) in [6.07, 6.45) is 1.86. The van der Waals surface area contributed by atoms with Crippen molar-refractivity contribution in [2.75, 3.05) is 6.54 Å². The lowest BCUT2D eigenvalue weighted by Crippen LogP contribution is -2.26. The first-order valence-corrected chi connectivity index (χ1v) is 7.93. The molecule has 0 radical (unpaired) electrons. The van der Waals surface area contributed by atoms with Gasteiger partial charge in [-0.25, -0.2) is 0 Å². The van der Waals surface area contributed by atoms with Gasteiger partial charge in [0, 0.05) is 12.6 Å². The molecule has 2 aromatic carbocycles. The van der Waals surface area contributed by atoms with Gasteiger partial charge in [-0.15, -0.1) is 0 Å². The molecule has 5 heteroatoms. The van der Waals surface area contributed by atoms with E-state index in [4.69, 9.17) is 9.83 Å². The third-order valence-corrected chi connectivity index (χ3v) is 3.86. The molecule has 0 saturated carbocycles. The van der Waals surface area contributed by atoms with E-state index in [0.717, 1.165) is 16.7 Å². The summed E-state index contributed by atoms with van der Waals surface area (Å²) in [6.45, 7) is 0.403. The summed E-state index contributed by atoms with van der Waals surface area (Å²) in [5, 5.41) is 19.7. The smallest absolute Gasteiger partial charge is 0.291 e. The molecular formula is C20H18N2O3. The van der Waals surface area contributed by atoms with Crippen LogP contribution in [0.5, 0.6) is 5.75 Å². The highest BCUT2D eigenvalue weighted by atomic mass is 16.4. The predicted octanol–water partition coefficient (Wildman–Crippen LogP) is 3.10. The normalized spacial score (nSPS) is 10.4. The van der Waals surface area contributed by atoms with Crippen LogP contribution in [0.4, 0.5) is 0 Å². The SMILES string of the molecule is N=c1ccoc(C(=O)NCCc2ccc(-c3ccccc3)cc2)c1O. The van der Waals surface area contributed by atoms with E-state index in [1.165, 1.54) is 12.3 Å². The van der Waals surface area contributed by atoms with Gasteiger partial charge in [0.15, 0.2) is 5.75 Å². The van der Waals surface area contributed by atoms with E-state index in [9.17, 15) is 9.90 Å². The fourth-order valence-electron chi connectivity index (χ4n) is 2.48. The van der Waals surface area contributed by atoms with Gasteiger partial charge in [0.1, 0.15) is 5.36 Å². The molecule has 0 fully saturated rings. The Morgan fingerprint density at radius 2 is 1.68 bits per heavy atom. The van der Waals surface area contributed by atoms with Crippen LogP contribution in [0.3, 0.4) is 0 Å². The van der Waals surface area contributed by atoms with E-state index in [1.54, 1.807) is 0 Å². The topological polar surface area (TPSA) is 86.3 Å². The first kappa shape index (κ1) is 16.5. The van der Waals surface area contributed by atoms with Gasteiger partial charge in [-0.05, 0) is 23.1 Å². The molecule has 5 nitrogen and oxygen atoms in total. The van der Waals surface area contributed by atoms with E-state index in [1.807, 2.05) is 30.3 Å². The molecule has 0 aliphatic heterocycles. The molecule has 0 atom stereocenters. The van der Waals surface area contributed by atoms with Gasteiger partial charge in [0.05, 0.1) is 6.26 Å². The average molecular weight is 334 g/mol. The average Bonchev–Trinajstić information content (AvgIpc) is 2.65. The maximum atomic E-state index is 12.0. The second kappa shape index (κ2) is 7.49. The zero-order valence-electron chi connectivity index (χ0n) is 13.5. The van der Waals surface area contributed by atoms with Gasteiger partial charge in [-0.2, -0.15) is 0 Å². The molecule has 126 valence electrons. The number of carbonyl (C=O) groups excluding carboxylic acids is 1. The minimum Gasteiger partial charge on any atom is -0.503 e. The fourth-order valence-corrected chi connectivity index (χ4v) is 2.48. The van der Waals surface area contributed by atoms with Crippen molar-refractivity contribution >= 4 is 5.91 Å². The van der Waals surface area contributed by atoms with Crippen LogP contribution in [0.15, 0.2) is 71.3 Å². The highest BCUT2D eigenvalue weighted by Crippen LogP contribution is 2.19. The van der Waals surface area contributed by atoms with Crippen LogP contribution in [-0.2, 0) is 6.42 Å².